The number of nitrogens with zero attached hydrogens (tertiary/aromatic N) is 2. The van der Waals surface area contributed by atoms with Gasteiger partial charge in [0, 0.05) is 28.9 Å². The van der Waals surface area contributed by atoms with Gasteiger partial charge in [-0.2, -0.15) is 0 Å². The number of para-hydroxylation sites is 1. The fourth-order valence-electron chi connectivity index (χ4n) is 3.81. The molecule has 0 fully saturated rings. The predicted octanol–water partition coefficient (Wildman–Crippen LogP) is 6.49. The predicted molar refractivity (Wildman–Crippen MR) is 132 cm³/mol. The topological polar surface area (TPSA) is 62.3 Å². The molecule has 0 unspecified atom stereocenters. The Hall–Kier alpha value is -2.45. The van der Waals surface area contributed by atoms with Gasteiger partial charge in [0.2, 0.25) is 5.91 Å². The van der Waals surface area contributed by atoms with Gasteiger partial charge < -0.3 is 10.2 Å². The molecule has 0 saturated heterocycles. The lowest BCUT2D eigenvalue weighted by molar-refractivity contribution is -0.129. The smallest absolute Gasteiger partial charge is 0.257 e. The summed E-state index contributed by atoms with van der Waals surface area (Å²) >= 11 is 15.4. The van der Waals surface area contributed by atoms with Gasteiger partial charge in [-0.25, -0.2) is 4.98 Å². The molecule has 0 bridgehead atoms. The summed E-state index contributed by atoms with van der Waals surface area (Å²) in [5.74, 6) is -0.288. The molecule has 0 saturated carbocycles. The van der Waals surface area contributed by atoms with Crippen molar-refractivity contribution in [2.24, 2.45) is 0 Å². The molecule has 4 aromatic rings. The van der Waals surface area contributed by atoms with Crippen molar-refractivity contribution in [1.29, 1.82) is 0 Å². The highest BCUT2D eigenvalue weighted by Gasteiger charge is 2.29. The van der Waals surface area contributed by atoms with Crippen molar-refractivity contribution in [2.45, 2.75) is 19.9 Å². The molecule has 162 valence electrons. The van der Waals surface area contributed by atoms with Crippen LogP contribution >= 0.6 is 45.9 Å². The molecule has 1 aliphatic heterocycles. The maximum absolute atomic E-state index is 13.1. The molecular formula is C23H17Cl2N3O2S2. The summed E-state index contributed by atoms with van der Waals surface area (Å²) in [6.07, 6.45) is 0.713. The molecule has 0 radical (unpaired) electrons. The zero-order valence-electron chi connectivity index (χ0n) is 16.9. The largest absolute Gasteiger partial charge is 0.337 e. The Bertz CT molecular complexity index is 1350. The number of carbonyl (C=O) groups excluding carboxylic acids is 2. The Labute approximate surface area is 202 Å². The van der Waals surface area contributed by atoms with Gasteiger partial charge in [-0.1, -0.05) is 35.3 Å². The van der Waals surface area contributed by atoms with Crippen molar-refractivity contribution in [1.82, 2.24) is 9.88 Å². The summed E-state index contributed by atoms with van der Waals surface area (Å²) in [7, 11) is 0. The lowest BCUT2D eigenvalue weighted by Gasteiger charge is -2.26. The van der Waals surface area contributed by atoms with E-state index in [0.717, 1.165) is 31.2 Å². The van der Waals surface area contributed by atoms with Crippen LogP contribution in [0.15, 0.2) is 42.5 Å². The molecule has 5 rings (SSSR count). The van der Waals surface area contributed by atoms with E-state index in [9.17, 15) is 9.59 Å². The SMILES string of the molecule is CC(=O)N1CCc2c(sc(NC(=O)c3cc(Cl)ccc3Cl)c2-c2nc3ccccc3s2)C1. The second-order valence-corrected chi connectivity index (χ2v) is 10.4. The molecule has 1 aliphatic rings. The highest BCUT2D eigenvalue weighted by Crippen LogP contribution is 2.46. The van der Waals surface area contributed by atoms with E-state index in [1.54, 1.807) is 36.5 Å². The van der Waals surface area contributed by atoms with Crippen LogP contribution in [0.25, 0.3) is 20.8 Å². The normalized spacial score (nSPS) is 13.3. The summed E-state index contributed by atoms with van der Waals surface area (Å²) in [6.45, 7) is 2.75. The summed E-state index contributed by atoms with van der Waals surface area (Å²) < 4.78 is 1.08. The summed E-state index contributed by atoms with van der Waals surface area (Å²) in [5, 5.41) is 5.37. The maximum Gasteiger partial charge on any atom is 0.257 e. The molecule has 0 aliphatic carbocycles. The second-order valence-electron chi connectivity index (χ2n) is 7.46. The number of hydrogen-bond donors (Lipinski definition) is 1. The lowest BCUT2D eigenvalue weighted by Crippen LogP contribution is -2.33. The molecule has 2 amide bonds. The molecule has 2 aromatic heterocycles. The van der Waals surface area contributed by atoms with Gasteiger partial charge in [0.05, 0.1) is 27.3 Å². The van der Waals surface area contributed by atoms with Crippen molar-refractivity contribution in [3.63, 3.8) is 0 Å². The van der Waals surface area contributed by atoms with Crippen molar-refractivity contribution < 1.29 is 9.59 Å². The van der Waals surface area contributed by atoms with Crippen LogP contribution in [-0.2, 0) is 17.8 Å². The number of nitrogens with one attached hydrogen (secondary N) is 1. The Morgan fingerprint density at radius 2 is 1.94 bits per heavy atom. The van der Waals surface area contributed by atoms with Gasteiger partial charge in [-0.05, 0) is 42.3 Å². The average molecular weight is 502 g/mol. The highest BCUT2D eigenvalue weighted by atomic mass is 35.5. The molecule has 32 heavy (non-hydrogen) atoms. The number of thiophene rings is 1. The van der Waals surface area contributed by atoms with E-state index in [0.29, 0.717) is 40.1 Å². The molecule has 3 heterocycles. The van der Waals surface area contributed by atoms with Gasteiger partial charge in [0.25, 0.3) is 5.91 Å². The van der Waals surface area contributed by atoms with Crippen LogP contribution in [0, 0.1) is 0 Å². The van der Waals surface area contributed by atoms with Gasteiger partial charge >= 0.3 is 0 Å². The molecular weight excluding hydrogens is 485 g/mol. The minimum Gasteiger partial charge on any atom is -0.337 e. The van der Waals surface area contributed by atoms with E-state index in [-0.39, 0.29) is 11.8 Å². The van der Waals surface area contributed by atoms with Gasteiger partial charge in [-0.15, -0.1) is 22.7 Å². The number of amides is 2. The molecule has 0 atom stereocenters. The Morgan fingerprint density at radius 3 is 2.72 bits per heavy atom. The van der Waals surface area contributed by atoms with Gasteiger partial charge in [-0.3, -0.25) is 9.59 Å². The standard InChI is InChI=1S/C23H17Cl2N3O2S2/c1-12(29)28-9-8-14-19(11-28)32-23(27-21(30)15-10-13(24)6-7-16(15)25)20(14)22-26-17-4-2-3-5-18(17)31-22/h2-7,10H,8-9,11H2,1H3,(H,27,30). The Morgan fingerprint density at radius 1 is 1.12 bits per heavy atom. The van der Waals surface area contributed by atoms with E-state index in [2.05, 4.69) is 5.32 Å². The van der Waals surface area contributed by atoms with Crippen LogP contribution in [0.3, 0.4) is 0 Å². The van der Waals surface area contributed by atoms with Crippen LogP contribution in [0.4, 0.5) is 5.00 Å². The van der Waals surface area contributed by atoms with E-state index in [1.807, 2.05) is 29.2 Å². The van der Waals surface area contributed by atoms with Crippen molar-refractivity contribution in [2.75, 3.05) is 11.9 Å². The summed E-state index contributed by atoms with van der Waals surface area (Å²) in [6, 6.07) is 12.8. The van der Waals surface area contributed by atoms with Crippen molar-refractivity contribution in [3.05, 3.63) is 68.5 Å². The van der Waals surface area contributed by atoms with E-state index >= 15 is 0 Å². The Kier molecular flexibility index (Phi) is 5.67. The lowest BCUT2D eigenvalue weighted by atomic mass is 10.0. The highest BCUT2D eigenvalue weighted by molar-refractivity contribution is 7.23. The monoisotopic (exact) mass is 501 g/mol. The van der Waals surface area contributed by atoms with Crippen LogP contribution in [-0.4, -0.2) is 28.2 Å². The first kappa shape index (κ1) is 21.4. The van der Waals surface area contributed by atoms with Gasteiger partial charge in [0.1, 0.15) is 10.0 Å². The van der Waals surface area contributed by atoms with E-state index in [1.165, 1.54) is 11.3 Å². The minimum atomic E-state index is -0.332. The number of fused-ring (bicyclic) bond motifs is 2. The van der Waals surface area contributed by atoms with E-state index in [4.69, 9.17) is 28.2 Å². The zero-order chi connectivity index (χ0) is 22.4. The number of carbonyl (C=O) groups is 2. The van der Waals surface area contributed by atoms with Crippen LogP contribution < -0.4 is 5.32 Å². The third kappa shape index (κ3) is 3.90. The fraction of sp³-hybridized carbons (Fsp3) is 0.174. The summed E-state index contributed by atoms with van der Waals surface area (Å²) in [4.78, 5) is 32.8. The molecule has 2 aromatic carbocycles. The number of hydrogen-bond acceptors (Lipinski definition) is 5. The number of aromatic nitrogens is 1. The van der Waals surface area contributed by atoms with Crippen molar-refractivity contribution in [3.8, 4) is 10.6 Å². The number of halogens is 2. The van der Waals surface area contributed by atoms with Crippen molar-refractivity contribution >= 4 is 72.9 Å². The molecule has 0 spiro atoms. The fourth-order valence-corrected chi connectivity index (χ4v) is 6.55. The number of rotatable bonds is 3. The third-order valence-electron chi connectivity index (χ3n) is 5.41. The maximum atomic E-state index is 13.1. The van der Waals surface area contributed by atoms with Crippen LogP contribution in [0.2, 0.25) is 10.0 Å². The first-order valence-corrected chi connectivity index (χ1v) is 12.3. The number of benzene rings is 2. The second kappa shape index (κ2) is 8.48. The van der Waals surface area contributed by atoms with Gasteiger partial charge in [0.15, 0.2) is 0 Å². The first-order valence-electron chi connectivity index (χ1n) is 9.93. The van der Waals surface area contributed by atoms with E-state index < -0.39 is 0 Å². The zero-order valence-corrected chi connectivity index (χ0v) is 20.1. The summed E-state index contributed by atoms with van der Waals surface area (Å²) in [5.41, 5.74) is 3.30. The third-order valence-corrected chi connectivity index (χ3v) is 8.16. The average Bonchev–Trinajstić information content (AvgIpc) is 3.35. The van der Waals surface area contributed by atoms with Crippen LogP contribution in [0.1, 0.15) is 27.7 Å². The Balaban J connectivity index is 1.60. The number of thiazole rings is 1. The number of anilines is 1. The molecule has 9 heteroatoms. The first-order chi connectivity index (χ1) is 15.4. The minimum absolute atomic E-state index is 0.0434. The van der Waals surface area contributed by atoms with Crippen LogP contribution in [0.5, 0.6) is 0 Å². The molecule has 1 N–H and O–H groups in total. The molecule has 5 nitrogen and oxygen atoms in total. The quantitative estimate of drug-likeness (QED) is 0.349.